The van der Waals surface area contributed by atoms with E-state index in [2.05, 4.69) is 0 Å². The fourth-order valence-electron chi connectivity index (χ4n) is 1.88. The molecule has 0 fully saturated rings. The van der Waals surface area contributed by atoms with Crippen LogP contribution in [0.15, 0.2) is 30.6 Å². The Morgan fingerprint density at radius 2 is 2.00 bits per heavy atom. The van der Waals surface area contributed by atoms with Gasteiger partial charge in [-0.3, -0.25) is 4.79 Å². The first-order valence-electron chi connectivity index (χ1n) is 5.56. The molecule has 1 aromatic carbocycles. The van der Waals surface area contributed by atoms with Crippen LogP contribution in [-0.2, 0) is 11.3 Å². The van der Waals surface area contributed by atoms with E-state index in [0.29, 0.717) is 27.3 Å². The van der Waals surface area contributed by atoms with Crippen molar-refractivity contribution in [1.29, 1.82) is 10.5 Å². The van der Waals surface area contributed by atoms with Crippen molar-refractivity contribution in [2.75, 3.05) is 0 Å². The molecular formula is C14H8ClN3O2. The maximum atomic E-state index is 10.7. The lowest BCUT2D eigenvalue weighted by atomic mass is 10.0. The Balaban J connectivity index is 2.55. The van der Waals surface area contributed by atoms with Gasteiger partial charge < -0.3 is 9.67 Å². The molecule has 0 bridgehead atoms. The zero-order valence-corrected chi connectivity index (χ0v) is 10.9. The molecular weight excluding hydrogens is 278 g/mol. The lowest BCUT2D eigenvalue weighted by molar-refractivity contribution is -0.137. The van der Waals surface area contributed by atoms with Gasteiger partial charge >= 0.3 is 5.97 Å². The predicted molar refractivity (Wildman–Crippen MR) is 71.9 cm³/mol. The molecule has 1 heterocycles. The average Bonchev–Trinajstić information content (AvgIpc) is 2.80. The van der Waals surface area contributed by atoms with Crippen molar-refractivity contribution in [3.8, 4) is 23.3 Å². The fourth-order valence-corrected chi connectivity index (χ4v) is 2.12. The Bertz CT molecular complexity index is 766. The summed E-state index contributed by atoms with van der Waals surface area (Å²) < 4.78 is 1.41. The zero-order valence-electron chi connectivity index (χ0n) is 10.2. The topological polar surface area (TPSA) is 89.8 Å². The number of nitrogens with zero attached hydrogens (tertiary/aromatic N) is 3. The first-order valence-corrected chi connectivity index (χ1v) is 5.94. The van der Waals surface area contributed by atoms with Gasteiger partial charge in [-0.15, -0.1) is 0 Å². The summed E-state index contributed by atoms with van der Waals surface area (Å²) in [4.78, 5) is 10.7. The molecule has 2 aromatic rings. The lowest BCUT2D eigenvalue weighted by Gasteiger charge is -2.01. The van der Waals surface area contributed by atoms with Gasteiger partial charge in [-0.25, -0.2) is 0 Å². The van der Waals surface area contributed by atoms with E-state index in [4.69, 9.17) is 27.2 Å². The molecule has 0 spiro atoms. The van der Waals surface area contributed by atoms with E-state index in [1.54, 1.807) is 18.3 Å². The standard InChI is InChI=1S/C14H8ClN3O2/c15-12-2-9(4-16)1-10(3-12)13-7-18(8-14(19)20)6-11(13)5-17/h1-3,6-7H,8H2,(H,19,20). The average molecular weight is 286 g/mol. The highest BCUT2D eigenvalue weighted by Gasteiger charge is 2.12. The normalized spacial score (nSPS) is 9.75. The molecule has 2 rings (SSSR count). The number of hydrogen-bond donors (Lipinski definition) is 1. The van der Waals surface area contributed by atoms with E-state index < -0.39 is 5.97 Å². The van der Waals surface area contributed by atoms with Gasteiger partial charge in [0, 0.05) is 23.0 Å². The number of aromatic nitrogens is 1. The summed E-state index contributed by atoms with van der Waals surface area (Å²) in [6.45, 7) is -0.236. The second-order valence-corrected chi connectivity index (χ2v) is 4.54. The summed E-state index contributed by atoms with van der Waals surface area (Å²) in [6.07, 6.45) is 3.01. The molecule has 0 radical (unpaired) electrons. The van der Waals surface area contributed by atoms with Crippen LogP contribution in [0.25, 0.3) is 11.1 Å². The number of halogens is 1. The Labute approximate surface area is 119 Å². The van der Waals surface area contributed by atoms with Gasteiger partial charge in [0.25, 0.3) is 0 Å². The number of carbonyl (C=O) groups is 1. The fraction of sp³-hybridized carbons (Fsp3) is 0.0714. The molecule has 0 saturated carbocycles. The second kappa shape index (κ2) is 5.48. The number of hydrogen-bond acceptors (Lipinski definition) is 3. The van der Waals surface area contributed by atoms with Crippen LogP contribution in [0, 0.1) is 22.7 Å². The van der Waals surface area contributed by atoms with Crippen molar-refractivity contribution >= 4 is 17.6 Å². The van der Waals surface area contributed by atoms with Crippen LogP contribution in [-0.4, -0.2) is 15.6 Å². The maximum Gasteiger partial charge on any atom is 0.323 e. The molecule has 0 aliphatic heterocycles. The van der Waals surface area contributed by atoms with Crippen LogP contribution in [0.3, 0.4) is 0 Å². The van der Waals surface area contributed by atoms with E-state index in [9.17, 15) is 4.79 Å². The monoisotopic (exact) mass is 285 g/mol. The molecule has 0 aliphatic carbocycles. The Kier molecular flexibility index (Phi) is 3.74. The van der Waals surface area contributed by atoms with Crippen molar-refractivity contribution < 1.29 is 9.90 Å². The van der Waals surface area contributed by atoms with Gasteiger partial charge in [0.2, 0.25) is 0 Å². The summed E-state index contributed by atoms with van der Waals surface area (Å²) in [5, 5.41) is 27.2. The Morgan fingerprint density at radius 1 is 1.25 bits per heavy atom. The van der Waals surface area contributed by atoms with Crippen molar-refractivity contribution in [1.82, 2.24) is 4.57 Å². The van der Waals surface area contributed by atoms with Crippen molar-refractivity contribution in [3.63, 3.8) is 0 Å². The van der Waals surface area contributed by atoms with E-state index in [1.165, 1.54) is 16.8 Å². The minimum Gasteiger partial charge on any atom is -0.480 e. The molecule has 0 atom stereocenters. The van der Waals surface area contributed by atoms with Crippen LogP contribution < -0.4 is 0 Å². The number of benzene rings is 1. The number of rotatable bonds is 3. The molecule has 1 aromatic heterocycles. The third-order valence-corrected chi connectivity index (χ3v) is 2.87. The van der Waals surface area contributed by atoms with E-state index in [1.807, 2.05) is 12.1 Å². The van der Waals surface area contributed by atoms with Gasteiger partial charge in [-0.1, -0.05) is 11.6 Å². The third-order valence-electron chi connectivity index (χ3n) is 2.66. The van der Waals surface area contributed by atoms with Gasteiger partial charge in [0.1, 0.15) is 12.6 Å². The number of aliphatic carboxylic acids is 1. The second-order valence-electron chi connectivity index (χ2n) is 4.10. The molecule has 0 amide bonds. The molecule has 1 N–H and O–H groups in total. The molecule has 98 valence electrons. The first kappa shape index (κ1) is 13.7. The van der Waals surface area contributed by atoms with Crippen LogP contribution in [0.5, 0.6) is 0 Å². The smallest absolute Gasteiger partial charge is 0.323 e. The summed E-state index contributed by atoms with van der Waals surface area (Å²) >= 11 is 5.93. The highest BCUT2D eigenvalue weighted by atomic mass is 35.5. The summed E-state index contributed by atoms with van der Waals surface area (Å²) in [5.74, 6) is -1.00. The van der Waals surface area contributed by atoms with E-state index >= 15 is 0 Å². The minimum absolute atomic E-state index is 0.236. The molecule has 0 unspecified atom stereocenters. The third kappa shape index (κ3) is 2.80. The highest BCUT2D eigenvalue weighted by molar-refractivity contribution is 6.31. The predicted octanol–water partition coefficient (Wildman–Crippen LogP) is 2.64. The van der Waals surface area contributed by atoms with Gasteiger partial charge in [-0.2, -0.15) is 10.5 Å². The van der Waals surface area contributed by atoms with E-state index in [-0.39, 0.29) is 6.54 Å². The molecule has 6 heteroatoms. The van der Waals surface area contributed by atoms with Crippen LogP contribution in [0.1, 0.15) is 11.1 Å². The highest BCUT2D eigenvalue weighted by Crippen LogP contribution is 2.28. The molecule has 0 aliphatic rings. The maximum absolute atomic E-state index is 10.7. The van der Waals surface area contributed by atoms with Crippen molar-refractivity contribution in [2.45, 2.75) is 6.54 Å². The quantitative estimate of drug-likeness (QED) is 0.938. The molecule has 0 saturated heterocycles. The molecule has 5 nitrogen and oxygen atoms in total. The van der Waals surface area contributed by atoms with Crippen LogP contribution >= 0.6 is 11.6 Å². The first-order chi connectivity index (χ1) is 9.53. The summed E-state index contributed by atoms with van der Waals surface area (Å²) in [5.41, 5.74) is 1.86. The Hall–Kier alpha value is -2.76. The van der Waals surface area contributed by atoms with Crippen LogP contribution in [0.4, 0.5) is 0 Å². The van der Waals surface area contributed by atoms with Crippen LogP contribution in [0.2, 0.25) is 5.02 Å². The number of nitriles is 2. The number of carboxylic acid groups (broad SMARTS) is 1. The number of carboxylic acids is 1. The van der Waals surface area contributed by atoms with Gasteiger partial charge in [0.15, 0.2) is 0 Å². The summed E-state index contributed by atoms with van der Waals surface area (Å²) in [6, 6.07) is 8.74. The minimum atomic E-state index is -1.00. The van der Waals surface area contributed by atoms with E-state index in [0.717, 1.165) is 0 Å². The SMILES string of the molecule is N#Cc1cc(Cl)cc(-c2cn(CC(=O)O)cc2C#N)c1. The zero-order chi connectivity index (χ0) is 14.7. The van der Waals surface area contributed by atoms with Crippen molar-refractivity contribution in [3.05, 3.63) is 46.7 Å². The van der Waals surface area contributed by atoms with Gasteiger partial charge in [0.05, 0.1) is 17.2 Å². The largest absolute Gasteiger partial charge is 0.480 e. The van der Waals surface area contributed by atoms with Gasteiger partial charge in [-0.05, 0) is 23.8 Å². The molecule has 20 heavy (non-hydrogen) atoms. The Morgan fingerprint density at radius 3 is 2.60 bits per heavy atom. The lowest BCUT2D eigenvalue weighted by Crippen LogP contribution is -2.06. The summed E-state index contributed by atoms with van der Waals surface area (Å²) in [7, 11) is 0. The van der Waals surface area contributed by atoms with Crippen molar-refractivity contribution in [2.24, 2.45) is 0 Å².